The Morgan fingerprint density at radius 2 is 1.77 bits per heavy atom. The number of halogens is 2. The van der Waals surface area contributed by atoms with Crippen LogP contribution in [0.15, 0.2) is 64.0 Å². The van der Waals surface area contributed by atoms with Gasteiger partial charge >= 0.3 is 0 Å². The molecular weight excluding hydrogens is 467 g/mol. The first-order valence-electron chi connectivity index (χ1n) is 9.29. The molecule has 0 bridgehead atoms. The summed E-state index contributed by atoms with van der Waals surface area (Å²) in [6.45, 7) is 3.90. The van der Waals surface area contributed by atoms with Crippen LogP contribution in [0.3, 0.4) is 0 Å². The van der Waals surface area contributed by atoms with E-state index in [0.717, 1.165) is 43.8 Å². The lowest BCUT2D eigenvalue weighted by molar-refractivity contribution is -0.123. The summed E-state index contributed by atoms with van der Waals surface area (Å²) in [5, 5.41) is -0.392. The molecule has 2 heterocycles. The molecule has 7 heteroatoms. The maximum atomic E-state index is 14.0. The Kier molecular flexibility index (Phi) is 5.66. The molecule has 1 fully saturated rings. The number of nitrogens with zero attached hydrogens (tertiary/aromatic N) is 2. The normalized spacial score (nSPS) is 15.5. The molecule has 0 N–H and O–H groups in total. The minimum Gasteiger partial charge on any atom is -0.318 e. The predicted octanol–water partition coefficient (Wildman–Crippen LogP) is 6.23. The maximum Gasteiger partial charge on any atom is 0.293 e. The summed E-state index contributed by atoms with van der Waals surface area (Å²) in [5.41, 5.74) is 4.18. The average Bonchev–Trinajstić information content (AvgIpc) is 3.14. The van der Waals surface area contributed by atoms with E-state index >= 15 is 0 Å². The highest BCUT2D eigenvalue weighted by molar-refractivity contribution is 9.10. The molecule has 0 atom stereocenters. The topological polar surface area (TPSA) is 42.3 Å². The van der Waals surface area contributed by atoms with E-state index in [1.165, 1.54) is 6.07 Å². The van der Waals surface area contributed by atoms with Crippen molar-refractivity contribution in [3.05, 3.63) is 92.3 Å². The van der Waals surface area contributed by atoms with Gasteiger partial charge < -0.3 is 4.57 Å². The van der Waals surface area contributed by atoms with Crippen LogP contribution in [0.2, 0.25) is 0 Å². The molecule has 0 aliphatic carbocycles. The second kappa shape index (κ2) is 8.24. The third-order valence-electron chi connectivity index (χ3n) is 5.00. The number of imide groups is 1. The van der Waals surface area contributed by atoms with Crippen LogP contribution < -0.4 is 0 Å². The lowest BCUT2D eigenvalue weighted by Crippen LogP contribution is -2.27. The number of carbonyl (C=O) groups excluding carboxylic acids is 2. The molecule has 3 aromatic rings. The summed E-state index contributed by atoms with van der Waals surface area (Å²) in [5.74, 6) is -0.833. The van der Waals surface area contributed by atoms with E-state index in [1.54, 1.807) is 24.3 Å². The molecule has 0 spiro atoms. The molecule has 0 unspecified atom stereocenters. The van der Waals surface area contributed by atoms with Crippen molar-refractivity contribution in [3.8, 4) is 5.69 Å². The smallest absolute Gasteiger partial charge is 0.293 e. The average molecular weight is 485 g/mol. The van der Waals surface area contributed by atoms with Crippen LogP contribution in [0, 0.1) is 19.7 Å². The standard InChI is InChI=1S/C23H18BrFN2O2S/c1-14-11-17(15(2)27(14)19-9-7-18(24)8-10-19)12-21-22(28)26(23(29)30-21)13-16-5-3-4-6-20(16)25/h3-12H,13H2,1-2H3/b21-12-. The number of aromatic nitrogens is 1. The number of thioether (sulfide) groups is 1. The summed E-state index contributed by atoms with van der Waals surface area (Å²) in [4.78, 5) is 26.7. The minimum atomic E-state index is -0.432. The zero-order valence-electron chi connectivity index (χ0n) is 16.4. The molecule has 0 radical (unpaired) electrons. The molecule has 2 amide bonds. The Bertz CT molecular complexity index is 1180. The lowest BCUT2D eigenvalue weighted by Gasteiger charge is -2.12. The Morgan fingerprint density at radius 3 is 2.47 bits per heavy atom. The van der Waals surface area contributed by atoms with Crippen LogP contribution in [0.5, 0.6) is 0 Å². The van der Waals surface area contributed by atoms with Gasteiger partial charge in [0, 0.05) is 27.1 Å². The molecule has 2 aromatic carbocycles. The fourth-order valence-electron chi connectivity index (χ4n) is 3.50. The zero-order valence-corrected chi connectivity index (χ0v) is 18.8. The van der Waals surface area contributed by atoms with Gasteiger partial charge in [-0.05, 0) is 73.6 Å². The van der Waals surface area contributed by atoms with Gasteiger partial charge in [0.1, 0.15) is 5.82 Å². The SMILES string of the molecule is Cc1cc(/C=C2\SC(=O)N(Cc3ccccc3F)C2=O)c(C)n1-c1ccc(Br)cc1. The number of benzene rings is 2. The molecule has 0 saturated carbocycles. The summed E-state index contributed by atoms with van der Waals surface area (Å²) in [6, 6.07) is 16.1. The zero-order chi connectivity index (χ0) is 21.4. The summed E-state index contributed by atoms with van der Waals surface area (Å²) < 4.78 is 17.0. The van der Waals surface area contributed by atoms with Crippen LogP contribution in [-0.2, 0) is 11.3 Å². The van der Waals surface area contributed by atoms with E-state index in [0.29, 0.717) is 10.5 Å². The molecule has 4 nitrogen and oxygen atoms in total. The number of aryl methyl sites for hydroxylation is 1. The summed E-state index contributed by atoms with van der Waals surface area (Å²) in [7, 11) is 0. The quantitative estimate of drug-likeness (QED) is 0.412. The second-order valence-electron chi connectivity index (χ2n) is 7.00. The number of amides is 2. The fourth-order valence-corrected chi connectivity index (χ4v) is 4.59. The Hall–Kier alpha value is -2.64. The highest BCUT2D eigenvalue weighted by Crippen LogP contribution is 2.35. The summed E-state index contributed by atoms with van der Waals surface area (Å²) in [6.07, 6.45) is 1.74. The molecule has 4 rings (SSSR count). The fraction of sp³-hybridized carbons (Fsp3) is 0.130. The second-order valence-corrected chi connectivity index (χ2v) is 8.91. The van der Waals surface area contributed by atoms with Gasteiger partial charge in [0.15, 0.2) is 0 Å². The van der Waals surface area contributed by atoms with Gasteiger partial charge in [0.05, 0.1) is 11.4 Å². The molecule has 1 aliphatic heterocycles. The van der Waals surface area contributed by atoms with Crippen molar-refractivity contribution < 1.29 is 14.0 Å². The van der Waals surface area contributed by atoms with Gasteiger partial charge in [0.2, 0.25) is 0 Å². The molecule has 1 aromatic heterocycles. The first-order valence-corrected chi connectivity index (χ1v) is 10.9. The number of carbonyl (C=O) groups is 2. The van der Waals surface area contributed by atoms with Crippen molar-refractivity contribution >= 4 is 44.9 Å². The van der Waals surface area contributed by atoms with Gasteiger partial charge in [0.25, 0.3) is 11.1 Å². The number of hydrogen-bond donors (Lipinski definition) is 0. The van der Waals surface area contributed by atoms with E-state index in [4.69, 9.17) is 0 Å². The largest absolute Gasteiger partial charge is 0.318 e. The maximum absolute atomic E-state index is 14.0. The van der Waals surface area contributed by atoms with Crippen molar-refractivity contribution in [2.45, 2.75) is 20.4 Å². The van der Waals surface area contributed by atoms with Crippen LogP contribution >= 0.6 is 27.7 Å². The van der Waals surface area contributed by atoms with Crippen LogP contribution in [0.25, 0.3) is 11.8 Å². The van der Waals surface area contributed by atoms with Crippen molar-refractivity contribution in [3.63, 3.8) is 0 Å². The Morgan fingerprint density at radius 1 is 1.07 bits per heavy atom. The highest BCUT2D eigenvalue weighted by Gasteiger charge is 2.35. The molecule has 1 aliphatic rings. The van der Waals surface area contributed by atoms with Crippen molar-refractivity contribution in [2.24, 2.45) is 0 Å². The van der Waals surface area contributed by atoms with E-state index in [1.807, 2.05) is 44.2 Å². The molecular formula is C23H18BrFN2O2S. The molecule has 30 heavy (non-hydrogen) atoms. The molecule has 152 valence electrons. The van der Waals surface area contributed by atoms with Crippen molar-refractivity contribution in [2.75, 3.05) is 0 Å². The molecule has 1 saturated heterocycles. The van der Waals surface area contributed by atoms with Crippen molar-refractivity contribution in [1.29, 1.82) is 0 Å². The Balaban J connectivity index is 1.63. The number of hydrogen-bond acceptors (Lipinski definition) is 3. The Labute approximate surface area is 186 Å². The lowest BCUT2D eigenvalue weighted by atomic mass is 10.2. The van der Waals surface area contributed by atoms with Gasteiger partial charge in [-0.25, -0.2) is 4.39 Å². The first-order chi connectivity index (χ1) is 14.3. The van der Waals surface area contributed by atoms with Gasteiger partial charge in [-0.1, -0.05) is 34.1 Å². The van der Waals surface area contributed by atoms with Crippen LogP contribution in [0.1, 0.15) is 22.5 Å². The third-order valence-corrected chi connectivity index (χ3v) is 6.44. The van der Waals surface area contributed by atoms with Gasteiger partial charge in [-0.2, -0.15) is 0 Å². The first kappa shape index (κ1) is 20.6. The van der Waals surface area contributed by atoms with E-state index in [2.05, 4.69) is 20.5 Å². The van der Waals surface area contributed by atoms with Gasteiger partial charge in [-0.3, -0.25) is 14.5 Å². The van der Waals surface area contributed by atoms with Gasteiger partial charge in [-0.15, -0.1) is 0 Å². The minimum absolute atomic E-state index is 0.0768. The van der Waals surface area contributed by atoms with E-state index < -0.39 is 17.0 Å². The van der Waals surface area contributed by atoms with Crippen LogP contribution in [0.4, 0.5) is 9.18 Å². The summed E-state index contributed by atoms with van der Waals surface area (Å²) >= 11 is 4.33. The predicted molar refractivity (Wildman–Crippen MR) is 121 cm³/mol. The highest BCUT2D eigenvalue weighted by atomic mass is 79.9. The van der Waals surface area contributed by atoms with Crippen molar-refractivity contribution in [1.82, 2.24) is 9.47 Å². The third kappa shape index (κ3) is 3.87. The number of rotatable bonds is 4. The van der Waals surface area contributed by atoms with Crippen LogP contribution in [-0.4, -0.2) is 20.6 Å². The monoisotopic (exact) mass is 484 g/mol. The van der Waals surface area contributed by atoms with E-state index in [-0.39, 0.29) is 6.54 Å². The van der Waals surface area contributed by atoms with E-state index in [9.17, 15) is 14.0 Å².